The van der Waals surface area contributed by atoms with Crippen molar-refractivity contribution in [1.29, 1.82) is 0 Å². The Morgan fingerprint density at radius 3 is 1.60 bits per heavy atom. The molecular formula is C28H28O2. The first-order valence-electron chi connectivity index (χ1n) is 10.5. The summed E-state index contributed by atoms with van der Waals surface area (Å²) in [6.07, 6.45) is 4.13. The Kier molecular flexibility index (Phi) is 6.34. The highest BCUT2D eigenvalue weighted by atomic mass is 16.5. The lowest BCUT2D eigenvalue weighted by Gasteiger charge is -2.10. The Morgan fingerprint density at radius 1 is 0.467 bits per heavy atom. The molecule has 0 unspecified atom stereocenters. The van der Waals surface area contributed by atoms with Crippen LogP contribution in [-0.4, -0.2) is 14.2 Å². The molecule has 0 saturated carbocycles. The Hall–Kier alpha value is -3.26. The summed E-state index contributed by atoms with van der Waals surface area (Å²) in [5.74, 6) is 1.57. The van der Waals surface area contributed by atoms with E-state index in [9.17, 15) is 0 Å². The zero-order valence-electron chi connectivity index (χ0n) is 17.7. The van der Waals surface area contributed by atoms with Gasteiger partial charge in [0.2, 0.25) is 0 Å². The van der Waals surface area contributed by atoms with Gasteiger partial charge in [0.25, 0.3) is 0 Å². The van der Waals surface area contributed by atoms with Gasteiger partial charge in [-0.1, -0.05) is 72.8 Å². The number of rotatable bonds is 8. The van der Waals surface area contributed by atoms with Gasteiger partial charge in [0.05, 0.1) is 14.2 Å². The van der Waals surface area contributed by atoms with Crippen LogP contribution >= 0.6 is 0 Å². The average molecular weight is 397 g/mol. The Morgan fingerprint density at radius 2 is 0.967 bits per heavy atom. The molecule has 152 valence electrons. The third-order valence-corrected chi connectivity index (χ3v) is 5.69. The molecule has 0 aromatic heterocycles. The minimum Gasteiger partial charge on any atom is -0.493 e. The van der Waals surface area contributed by atoms with E-state index in [2.05, 4.69) is 78.9 Å². The number of hydrogen-bond donors (Lipinski definition) is 0. The molecule has 0 atom stereocenters. The number of aryl methyl sites for hydroxylation is 4. The van der Waals surface area contributed by atoms with E-state index in [1.54, 1.807) is 14.2 Å². The van der Waals surface area contributed by atoms with Crippen molar-refractivity contribution in [2.24, 2.45) is 0 Å². The predicted octanol–water partition coefficient (Wildman–Crippen LogP) is 6.43. The maximum Gasteiger partial charge on any atom is 0.160 e. The lowest BCUT2D eigenvalue weighted by Crippen LogP contribution is -1.96. The third kappa shape index (κ3) is 4.83. The summed E-state index contributed by atoms with van der Waals surface area (Å²) in [4.78, 5) is 0. The second kappa shape index (κ2) is 9.49. The first-order valence-corrected chi connectivity index (χ1v) is 10.5. The van der Waals surface area contributed by atoms with Gasteiger partial charge in [-0.25, -0.2) is 0 Å². The minimum absolute atomic E-state index is 0.775. The van der Waals surface area contributed by atoms with Crippen LogP contribution in [-0.2, 0) is 25.7 Å². The topological polar surface area (TPSA) is 18.5 Å². The zero-order valence-corrected chi connectivity index (χ0v) is 17.7. The molecule has 4 aromatic carbocycles. The molecule has 4 aromatic rings. The molecule has 0 amide bonds. The summed E-state index contributed by atoms with van der Waals surface area (Å²) in [5, 5.41) is 2.63. The van der Waals surface area contributed by atoms with Crippen LogP contribution in [0.1, 0.15) is 22.3 Å². The Balaban J connectivity index is 1.33. The van der Waals surface area contributed by atoms with Crippen molar-refractivity contribution in [2.75, 3.05) is 14.2 Å². The van der Waals surface area contributed by atoms with Crippen molar-refractivity contribution in [2.45, 2.75) is 25.7 Å². The van der Waals surface area contributed by atoms with Gasteiger partial charge in [-0.15, -0.1) is 0 Å². The lowest BCUT2D eigenvalue weighted by molar-refractivity contribution is 0.354. The summed E-state index contributed by atoms with van der Waals surface area (Å²) in [6, 6.07) is 30.5. The van der Waals surface area contributed by atoms with E-state index in [1.165, 1.54) is 33.0 Å². The number of hydrogen-bond acceptors (Lipinski definition) is 2. The number of methoxy groups -OCH3 is 2. The summed E-state index contributed by atoms with van der Waals surface area (Å²) in [7, 11) is 3.34. The van der Waals surface area contributed by atoms with Crippen LogP contribution in [0.15, 0.2) is 84.9 Å². The molecule has 0 spiro atoms. The smallest absolute Gasteiger partial charge is 0.160 e. The fraction of sp³-hybridized carbons (Fsp3) is 0.214. The lowest BCUT2D eigenvalue weighted by atomic mass is 9.99. The molecule has 0 aliphatic rings. The average Bonchev–Trinajstić information content (AvgIpc) is 2.81. The highest BCUT2D eigenvalue weighted by Gasteiger charge is 2.05. The van der Waals surface area contributed by atoms with Crippen molar-refractivity contribution < 1.29 is 9.47 Å². The second-order valence-corrected chi connectivity index (χ2v) is 7.69. The fourth-order valence-corrected chi connectivity index (χ4v) is 3.88. The Labute approximate surface area is 179 Å². The van der Waals surface area contributed by atoms with Crippen LogP contribution in [0.2, 0.25) is 0 Å². The van der Waals surface area contributed by atoms with E-state index in [0.29, 0.717) is 0 Å². The van der Waals surface area contributed by atoms with Gasteiger partial charge < -0.3 is 9.47 Å². The third-order valence-electron chi connectivity index (χ3n) is 5.69. The molecule has 30 heavy (non-hydrogen) atoms. The van der Waals surface area contributed by atoms with E-state index < -0.39 is 0 Å². The highest BCUT2D eigenvalue weighted by molar-refractivity contribution is 5.83. The van der Waals surface area contributed by atoms with Crippen LogP contribution in [0.3, 0.4) is 0 Å². The van der Waals surface area contributed by atoms with Gasteiger partial charge in [-0.3, -0.25) is 0 Å². The van der Waals surface area contributed by atoms with E-state index in [1.807, 2.05) is 6.07 Å². The van der Waals surface area contributed by atoms with Gasteiger partial charge in [0.15, 0.2) is 11.5 Å². The molecule has 0 aliphatic heterocycles. The molecule has 0 heterocycles. The number of benzene rings is 4. The summed E-state index contributed by atoms with van der Waals surface area (Å²) < 4.78 is 10.7. The Bertz CT molecular complexity index is 1110. The summed E-state index contributed by atoms with van der Waals surface area (Å²) >= 11 is 0. The van der Waals surface area contributed by atoms with Crippen LogP contribution in [0.4, 0.5) is 0 Å². The second-order valence-electron chi connectivity index (χ2n) is 7.69. The largest absolute Gasteiger partial charge is 0.493 e. The SMILES string of the molecule is COc1ccc(CCc2ccc(CCc3ccc4ccccc4c3)cc2)cc1OC. The van der Waals surface area contributed by atoms with Crippen molar-refractivity contribution in [3.8, 4) is 11.5 Å². The maximum atomic E-state index is 5.41. The molecule has 0 N–H and O–H groups in total. The maximum absolute atomic E-state index is 5.41. The monoisotopic (exact) mass is 396 g/mol. The molecule has 4 rings (SSSR count). The quantitative estimate of drug-likeness (QED) is 0.342. The van der Waals surface area contributed by atoms with Crippen LogP contribution in [0.25, 0.3) is 10.8 Å². The van der Waals surface area contributed by atoms with Crippen molar-refractivity contribution in [3.05, 3.63) is 107 Å². The number of ether oxygens (including phenoxy) is 2. The van der Waals surface area contributed by atoms with Gasteiger partial charge in [0, 0.05) is 0 Å². The first-order chi connectivity index (χ1) is 14.7. The molecule has 2 heteroatoms. The van der Waals surface area contributed by atoms with E-state index in [-0.39, 0.29) is 0 Å². The van der Waals surface area contributed by atoms with Gasteiger partial charge in [-0.2, -0.15) is 0 Å². The van der Waals surface area contributed by atoms with Crippen LogP contribution in [0.5, 0.6) is 11.5 Å². The van der Waals surface area contributed by atoms with Crippen LogP contribution < -0.4 is 9.47 Å². The first kappa shape index (κ1) is 20.0. The molecule has 0 saturated heterocycles. The molecule has 0 aliphatic carbocycles. The van der Waals surface area contributed by atoms with Crippen LogP contribution in [0, 0.1) is 0 Å². The molecule has 2 nitrogen and oxygen atoms in total. The molecule has 0 fully saturated rings. The predicted molar refractivity (Wildman–Crippen MR) is 125 cm³/mol. The number of fused-ring (bicyclic) bond motifs is 1. The van der Waals surface area contributed by atoms with Gasteiger partial charge in [0.1, 0.15) is 0 Å². The standard InChI is InChI=1S/C28H28O2/c1-29-27-18-16-24(20-28(27)30-2)14-12-22-9-7-21(8-10-22)11-13-23-15-17-25-5-3-4-6-26(25)19-23/h3-10,15-20H,11-14H2,1-2H3. The molecule has 0 radical (unpaired) electrons. The van der Waals surface area contributed by atoms with Crippen molar-refractivity contribution >= 4 is 10.8 Å². The zero-order chi connectivity index (χ0) is 20.8. The van der Waals surface area contributed by atoms with Gasteiger partial charge in [-0.05, 0) is 70.8 Å². The van der Waals surface area contributed by atoms with E-state index >= 15 is 0 Å². The fourth-order valence-electron chi connectivity index (χ4n) is 3.88. The van der Waals surface area contributed by atoms with E-state index in [0.717, 1.165) is 37.2 Å². The summed E-state index contributed by atoms with van der Waals surface area (Å²) in [6.45, 7) is 0. The van der Waals surface area contributed by atoms with Crippen molar-refractivity contribution in [1.82, 2.24) is 0 Å². The van der Waals surface area contributed by atoms with E-state index in [4.69, 9.17) is 9.47 Å². The molecule has 0 bridgehead atoms. The molecular weight excluding hydrogens is 368 g/mol. The summed E-state index contributed by atoms with van der Waals surface area (Å²) in [5.41, 5.74) is 5.40. The van der Waals surface area contributed by atoms with Crippen molar-refractivity contribution in [3.63, 3.8) is 0 Å². The highest BCUT2D eigenvalue weighted by Crippen LogP contribution is 2.28. The van der Waals surface area contributed by atoms with Gasteiger partial charge >= 0.3 is 0 Å². The normalized spacial score (nSPS) is 10.9. The minimum atomic E-state index is 0.775.